The summed E-state index contributed by atoms with van der Waals surface area (Å²) >= 11 is 3.27. The minimum absolute atomic E-state index is 0.00456. The van der Waals surface area contributed by atoms with E-state index in [1.165, 1.54) is 0 Å². The van der Waals surface area contributed by atoms with Gasteiger partial charge in [-0.05, 0) is 42.8 Å². The number of hydrogen-bond acceptors (Lipinski definition) is 3. The third-order valence-electron chi connectivity index (χ3n) is 1.56. The van der Waals surface area contributed by atoms with Gasteiger partial charge in [0.2, 0.25) is 0 Å². The second-order valence-electron chi connectivity index (χ2n) is 4.43. The zero-order valence-electron chi connectivity index (χ0n) is 9.58. The summed E-state index contributed by atoms with van der Waals surface area (Å²) < 4.78 is 6.11. The first-order valence-electron chi connectivity index (χ1n) is 4.91. The number of ether oxygens (including phenoxy) is 1. The van der Waals surface area contributed by atoms with Crippen LogP contribution >= 0.6 is 15.9 Å². The molecule has 1 rings (SSSR count). The second kappa shape index (κ2) is 5.30. The van der Waals surface area contributed by atoms with Crippen molar-refractivity contribution in [1.29, 1.82) is 0 Å². The maximum Gasteiger partial charge on any atom is 0.258 e. The van der Waals surface area contributed by atoms with Gasteiger partial charge in [-0.15, -0.1) is 0 Å². The van der Waals surface area contributed by atoms with E-state index in [0.717, 1.165) is 4.47 Å². The van der Waals surface area contributed by atoms with Crippen LogP contribution in [0.5, 0.6) is 5.75 Å². The van der Waals surface area contributed by atoms with E-state index in [4.69, 9.17) is 4.74 Å². The van der Waals surface area contributed by atoms with E-state index < -0.39 is 0 Å². The predicted octanol–water partition coefficient (Wildman–Crippen LogP) is 2.14. The summed E-state index contributed by atoms with van der Waals surface area (Å²) in [5.74, 6) is 0.422. The monoisotopic (exact) mass is 286 g/mol. The van der Waals surface area contributed by atoms with Crippen molar-refractivity contribution in [3.8, 4) is 5.75 Å². The molecule has 0 spiro atoms. The molecule has 0 aliphatic heterocycles. The van der Waals surface area contributed by atoms with Gasteiger partial charge in [0, 0.05) is 16.2 Å². The Kier molecular flexibility index (Phi) is 4.29. The third kappa shape index (κ3) is 5.11. The van der Waals surface area contributed by atoms with Crippen LogP contribution in [0, 0.1) is 0 Å². The number of nitrogens with one attached hydrogen (secondary N) is 1. The standard InChI is InChI=1S/C11H15BrN2O2/c1-11(2,3)14-10(15)7-16-9-4-8(12)5-13-6-9/h4-6H,7H2,1-3H3,(H,14,15). The third-order valence-corrected chi connectivity index (χ3v) is 2.00. The SMILES string of the molecule is CC(C)(C)NC(=O)COc1cncc(Br)c1. The van der Waals surface area contributed by atoms with E-state index in [2.05, 4.69) is 26.2 Å². The van der Waals surface area contributed by atoms with E-state index in [-0.39, 0.29) is 18.1 Å². The van der Waals surface area contributed by atoms with Crippen molar-refractivity contribution in [1.82, 2.24) is 10.3 Å². The van der Waals surface area contributed by atoms with Gasteiger partial charge in [-0.1, -0.05) is 0 Å². The van der Waals surface area contributed by atoms with Crippen LogP contribution in [0.3, 0.4) is 0 Å². The largest absolute Gasteiger partial charge is 0.482 e. The van der Waals surface area contributed by atoms with E-state index in [1.807, 2.05) is 20.8 Å². The van der Waals surface area contributed by atoms with Gasteiger partial charge in [0.15, 0.2) is 6.61 Å². The summed E-state index contributed by atoms with van der Waals surface area (Å²) in [5.41, 5.74) is -0.240. The van der Waals surface area contributed by atoms with Gasteiger partial charge in [0.25, 0.3) is 5.91 Å². The van der Waals surface area contributed by atoms with Gasteiger partial charge in [-0.2, -0.15) is 0 Å². The van der Waals surface area contributed by atoms with Gasteiger partial charge in [-0.25, -0.2) is 0 Å². The molecule has 0 bridgehead atoms. The van der Waals surface area contributed by atoms with Crippen LogP contribution in [0.15, 0.2) is 22.9 Å². The Balaban J connectivity index is 2.43. The number of amides is 1. The molecular formula is C11H15BrN2O2. The van der Waals surface area contributed by atoms with E-state index in [0.29, 0.717) is 5.75 Å². The van der Waals surface area contributed by atoms with Crippen molar-refractivity contribution in [2.45, 2.75) is 26.3 Å². The molecule has 1 amide bonds. The zero-order chi connectivity index (χ0) is 12.2. The fraction of sp³-hybridized carbons (Fsp3) is 0.455. The first-order chi connectivity index (χ1) is 7.37. The Morgan fingerprint density at radius 2 is 2.19 bits per heavy atom. The lowest BCUT2D eigenvalue weighted by Gasteiger charge is -2.20. The highest BCUT2D eigenvalue weighted by Crippen LogP contribution is 2.15. The number of rotatable bonds is 3. The molecule has 0 unspecified atom stereocenters. The molecule has 1 heterocycles. The summed E-state index contributed by atoms with van der Waals surface area (Å²) in [6, 6.07) is 1.76. The number of halogens is 1. The van der Waals surface area contributed by atoms with E-state index >= 15 is 0 Å². The van der Waals surface area contributed by atoms with Gasteiger partial charge < -0.3 is 10.1 Å². The van der Waals surface area contributed by atoms with Crippen LogP contribution in [-0.4, -0.2) is 23.0 Å². The fourth-order valence-corrected chi connectivity index (χ4v) is 1.42. The lowest BCUT2D eigenvalue weighted by atomic mass is 10.1. The quantitative estimate of drug-likeness (QED) is 0.926. The van der Waals surface area contributed by atoms with Crippen molar-refractivity contribution in [2.24, 2.45) is 0 Å². The maximum atomic E-state index is 11.4. The smallest absolute Gasteiger partial charge is 0.258 e. The number of aromatic nitrogens is 1. The average molecular weight is 287 g/mol. The highest BCUT2D eigenvalue weighted by atomic mass is 79.9. The minimum Gasteiger partial charge on any atom is -0.482 e. The summed E-state index contributed by atoms with van der Waals surface area (Å²) in [4.78, 5) is 15.4. The van der Waals surface area contributed by atoms with Gasteiger partial charge in [0.1, 0.15) is 5.75 Å². The maximum absolute atomic E-state index is 11.4. The summed E-state index contributed by atoms with van der Waals surface area (Å²) in [5, 5.41) is 2.81. The van der Waals surface area contributed by atoms with Crippen LogP contribution < -0.4 is 10.1 Å². The zero-order valence-corrected chi connectivity index (χ0v) is 11.2. The second-order valence-corrected chi connectivity index (χ2v) is 5.34. The van der Waals surface area contributed by atoms with E-state index in [9.17, 15) is 4.79 Å². The molecule has 0 atom stereocenters. The van der Waals surface area contributed by atoms with Gasteiger partial charge in [0.05, 0.1) is 6.20 Å². The lowest BCUT2D eigenvalue weighted by molar-refractivity contribution is -0.124. The molecule has 0 saturated carbocycles. The Bertz CT molecular complexity index is 374. The molecule has 1 aromatic rings. The molecule has 16 heavy (non-hydrogen) atoms. The molecule has 4 nitrogen and oxygen atoms in total. The molecule has 1 N–H and O–H groups in total. The summed E-state index contributed by atoms with van der Waals surface area (Å²) in [6.07, 6.45) is 3.22. The Labute approximate surface area is 104 Å². The van der Waals surface area contributed by atoms with Gasteiger partial charge in [-0.3, -0.25) is 9.78 Å². The molecule has 0 aliphatic carbocycles. The van der Waals surface area contributed by atoms with Crippen LogP contribution in [0.4, 0.5) is 0 Å². The number of pyridine rings is 1. The first kappa shape index (κ1) is 13.0. The summed E-state index contributed by atoms with van der Waals surface area (Å²) in [7, 11) is 0. The highest BCUT2D eigenvalue weighted by molar-refractivity contribution is 9.10. The molecule has 0 aliphatic rings. The van der Waals surface area contributed by atoms with Crippen molar-refractivity contribution in [2.75, 3.05) is 6.61 Å². The number of hydrogen-bond donors (Lipinski definition) is 1. The van der Waals surface area contributed by atoms with Crippen molar-refractivity contribution in [3.63, 3.8) is 0 Å². The number of carbonyl (C=O) groups excluding carboxylic acids is 1. The van der Waals surface area contributed by atoms with Crippen LogP contribution in [0.25, 0.3) is 0 Å². The Morgan fingerprint density at radius 3 is 2.75 bits per heavy atom. The van der Waals surface area contributed by atoms with Crippen LogP contribution in [0.2, 0.25) is 0 Å². The molecule has 0 radical (unpaired) electrons. The Morgan fingerprint density at radius 1 is 1.50 bits per heavy atom. The van der Waals surface area contributed by atoms with Crippen molar-refractivity contribution < 1.29 is 9.53 Å². The van der Waals surface area contributed by atoms with Crippen molar-refractivity contribution >= 4 is 21.8 Å². The number of carbonyl (C=O) groups is 1. The topological polar surface area (TPSA) is 51.2 Å². The number of nitrogens with zero attached hydrogens (tertiary/aromatic N) is 1. The van der Waals surface area contributed by atoms with Crippen LogP contribution in [0.1, 0.15) is 20.8 Å². The molecule has 1 aromatic heterocycles. The average Bonchev–Trinajstić information content (AvgIpc) is 2.12. The predicted molar refractivity (Wildman–Crippen MR) is 65.3 cm³/mol. The minimum atomic E-state index is -0.240. The molecule has 0 fully saturated rings. The normalized spacial score (nSPS) is 11.0. The summed E-state index contributed by atoms with van der Waals surface area (Å²) in [6.45, 7) is 5.76. The molecule has 88 valence electrons. The lowest BCUT2D eigenvalue weighted by Crippen LogP contribution is -2.43. The van der Waals surface area contributed by atoms with E-state index in [1.54, 1.807) is 18.5 Å². The fourth-order valence-electron chi connectivity index (χ4n) is 1.07. The van der Waals surface area contributed by atoms with Crippen molar-refractivity contribution in [3.05, 3.63) is 22.9 Å². The van der Waals surface area contributed by atoms with Crippen LogP contribution in [-0.2, 0) is 4.79 Å². The Hall–Kier alpha value is -1.10. The highest BCUT2D eigenvalue weighted by Gasteiger charge is 2.13. The van der Waals surface area contributed by atoms with Gasteiger partial charge >= 0.3 is 0 Å². The molecule has 5 heteroatoms. The molecular weight excluding hydrogens is 272 g/mol. The molecule has 0 saturated heterocycles. The first-order valence-corrected chi connectivity index (χ1v) is 5.70. The molecule has 0 aromatic carbocycles.